The Bertz CT molecular complexity index is 807. The number of benzene rings is 1. The van der Waals surface area contributed by atoms with E-state index >= 15 is 0 Å². The molecular formula is C21H36IN5O3S. The number of nitrogens with zero attached hydrogens (tertiary/aromatic N) is 2. The Kier molecular flexibility index (Phi) is 12.4. The van der Waals surface area contributed by atoms with Crippen LogP contribution in [0, 0.1) is 5.92 Å². The average Bonchev–Trinajstić information content (AvgIpc) is 2.72. The van der Waals surface area contributed by atoms with E-state index in [4.69, 9.17) is 5.14 Å². The van der Waals surface area contributed by atoms with Gasteiger partial charge in [-0.05, 0) is 36.5 Å². The number of amides is 1. The fraction of sp³-hybridized carbons (Fsp3) is 0.619. The van der Waals surface area contributed by atoms with Crippen molar-refractivity contribution in [2.75, 3.05) is 27.2 Å². The molecule has 0 heterocycles. The van der Waals surface area contributed by atoms with Crippen LogP contribution in [0.15, 0.2) is 34.2 Å². The number of primary sulfonamides is 1. The first-order valence-corrected chi connectivity index (χ1v) is 12.1. The molecule has 0 aliphatic heterocycles. The largest absolute Gasteiger partial charge is 0.356 e. The molecule has 0 spiro atoms. The smallest absolute Gasteiger partial charge is 0.241 e. The molecule has 176 valence electrons. The van der Waals surface area contributed by atoms with Gasteiger partial charge in [0.25, 0.3) is 0 Å². The van der Waals surface area contributed by atoms with Crippen LogP contribution in [0.3, 0.4) is 0 Å². The van der Waals surface area contributed by atoms with Crippen molar-refractivity contribution in [2.45, 2.75) is 56.4 Å². The molecule has 0 radical (unpaired) electrons. The number of nitrogens with two attached hydrogens (primary N) is 1. The van der Waals surface area contributed by atoms with Gasteiger partial charge in [-0.25, -0.2) is 18.5 Å². The number of nitrogens with one attached hydrogen (secondary N) is 2. The summed E-state index contributed by atoms with van der Waals surface area (Å²) in [6, 6.07) is 6.32. The summed E-state index contributed by atoms with van der Waals surface area (Å²) < 4.78 is 22.7. The summed E-state index contributed by atoms with van der Waals surface area (Å²) >= 11 is 0. The van der Waals surface area contributed by atoms with Crippen molar-refractivity contribution in [3.63, 3.8) is 0 Å². The lowest BCUT2D eigenvalue weighted by molar-refractivity contribution is -0.127. The standard InChI is InChI=1S/C21H35N5O3S.HI/c1-26(2)20(27)16-25-21(23-14-6-9-17-7-4-3-5-8-17)24-15-18-10-12-19(13-11-18)30(22,28)29;/h10-13,17H,3-9,14-16H2,1-2H3,(H2,22,28,29)(H2,23,24,25);1H. The topological polar surface area (TPSA) is 117 Å². The van der Waals surface area contributed by atoms with Gasteiger partial charge >= 0.3 is 0 Å². The van der Waals surface area contributed by atoms with Crippen LogP contribution in [0.5, 0.6) is 0 Å². The second-order valence-corrected chi connectivity index (χ2v) is 9.63. The first kappa shape index (κ1) is 27.6. The Balaban J connectivity index is 0.00000480. The lowest BCUT2D eigenvalue weighted by Gasteiger charge is -2.21. The quantitative estimate of drug-likeness (QED) is 0.184. The van der Waals surface area contributed by atoms with E-state index in [1.807, 2.05) is 0 Å². The van der Waals surface area contributed by atoms with Crippen molar-refractivity contribution in [3.05, 3.63) is 29.8 Å². The van der Waals surface area contributed by atoms with Crippen LogP contribution in [0.1, 0.15) is 50.5 Å². The normalized spacial score (nSPS) is 15.1. The van der Waals surface area contributed by atoms with E-state index in [0.717, 1.165) is 24.4 Å². The van der Waals surface area contributed by atoms with Gasteiger partial charge in [0.05, 0.1) is 18.0 Å². The molecule has 1 saturated carbocycles. The highest BCUT2D eigenvalue weighted by Crippen LogP contribution is 2.26. The van der Waals surface area contributed by atoms with Crippen LogP contribution in [0.4, 0.5) is 0 Å². The molecule has 8 nitrogen and oxygen atoms in total. The minimum atomic E-state index is -3.70. The summed E-state index contributed by atoms with van der Waals surface area (Å²) in [5, 5.41) is 11.5. The second kappa shape index (κ2) is 13.9. The summed E-state index contributed by atoms with van der Waals surface area (Å²) in [4.78, 5) is 18.0. The van der Waals surface area contributed by atoms with Gasteiger partial charge in [0.15, 0.2) is 5.96 Å². The first-order valence-electron chi connectivity index (χ1n) is 10.6. The molecule has 1 aromatic rings. The maximum Gasteiger partial charge on any atom is 0.241 e. The SMILES string of the molecule is CN(C)C(=O)CNC(=NCc1ccc(S(N)(=O)=O)cc1)NCCCC1CCCCC1.I. The predicted molar refractivity (Wildman–Crippen MR) is 135 cm³/mol. The number of sulfonamides is 1. The third kappa shape index (κ3) is 10.6. The number of hydrogen-bond acceptors (Lipinski definition) is 4. The van der Waals surface area contributed by atoms with Crippen LogP contribution in [0.2, 0.25) is 0 Å². The van der Waals surface area contributed by atoms with Gasteiger partial charge < -0.3 is 15.5 Å². The predicted octanol–water partition coefficient (Wildman–Crippen LogP) is 2.44. The van der Waals surface area contributed by atoms with E-state index in [-0.39, 0.29) is 41.3 Å². The summed E-state index contributed by atoms with van der Waals surface area (Å²) in [6.45, 7) is 1.31. The van der Waals surface area contributed by atoms with Crippen LogP contribution in [-0.4, -0.2) is 52.4 Å². The highest BCUT2D eigenvalue weighted by atomic mass is 127. The van der Waals surface area contributed by atoms with Gasteiger partial charge in [0.2, 0.25) is 15.9 Å². The van der Waals surface area contributed by atoms with E-state index < -0.39 is 10.0 Å². The third-order valence-electron chi connectivity index (χ3n) is 5.38. The highest BCUT2D eigenvalue weighted by Gasteiger charge is 2.13. The van der Waals surface area contributed by atoms with Gasteiger partial charge in [0.1, 0.15) is 0 Å². The summed E-state index contributed by atoms with van der Waals surface area (Å²) in [5.74, 6) is 1.37. The highest BCUT2D eigenvalue weighted by molar-refractivity contribution is 14.0. The molecule has 1 aromatic carbocycles. The van der Waals surface area contributed by atoms with Crippen LogP contribution < -0.4 is 15.8 Å². The molecule has 10 heteroatoms. The lowest BCUT2D eigenvalue weighted by atomic mass is 9.86. The molecule has 2 rings (SSSR count). The van der Waals surface area contributed by atoms with E-state index in [1.54, 1.807) is 26.2 Å². The number of carbonyl (C=O) groups is 1. The van der Waals surface area contributed by atoms with Crippen molar-refractivity contribution in [2.24, 2.45) is 16.0 Å². The Morgan fingerprint density at radius 2 is 1.77 bits per heavy atom. The summed E-state index contributed by atoms with van der Waals surface area (Å²) in [6.07, 6.45) is 9.03. The number of guanidine groups is 1. The fourth-order valence-electron chi connectivity index (χ4n) is 3.52. The molecule has 0 unspecified atom stereocenters. The summed E-state index contributed by atoms with van der Waals surface area (Å²) in [5.41, 5.74) is 0.852. The number of likely N-dealkylation sites (N-methyl/N-ethyl adjacent to an activating group) is 1. The van der Waals surface area contributed by atoms with Crippen LogP contribution in [-0.2, 0) is 21.4 Å². The third-order valence-corrected chi connectivity index (χ3v) is 6.31. The van der Waals surface area contributed by atoms with Crippen molar-refractivity contribution < 1.29 is 13.2 Å². The molecule has 0 bridgehead atoms. The molecular weight excluding hydrogens is 529 g/mol. The maximum atomic E-state index is 11.9. The van der Waals surface area contributed by atoms with Gasteiger partial charge in [-0.15, -0.1) is 24.0 Å². The number of rotatable bonds is 9. The minimum Gasteiger partial charge on any atom is -0.356 e. The van der Waals surface area contributed by atoms with Gasteiger partial charge in [-0.1, -0.05) is 44.2 Å². The lowest BCUT2D eigenvalue weighted by Crippen LogP contribution is -2.43. The molecule has 31 heavy (non-hydrogen) atoms. The fourth-order valence-corrected chi connectivity index (χ4v) is 4.04. The van der Waals surface area contributed by atoms with Crippen molar-refractivity contribution in [1.29, 1.82) is 0 Å². The average molecular weight is 566 g/mol. The van der Waals surface area contributed by atoms with E-state index in [0.29, 0.717) is 12.5 Å². The maximum absolute atomic E-state index is 11.9. The molecule has 1 fully saturated rings. The monoisotopic (exact) mass is 565 g/mol. The van der Waals surface area contributed by atoms with Crippen LogP contribution >= 0.6 is 24.0 Å². The van der Waals surface area contributed by atoms with E-state index in [1.165, 1.54) is 55.6 Å². The Morgan fingerprint density at radius 3 is 2.35 bits per heavy atom. The van der Waals surface area contributed by atoms with Gasteiger partial charge in [-0.3, -0.25) is 4.79 Å². The summed E-state index contributed by atoms with van der Waals surface area (Å²) in [7, 11) is -0.277. The first-order chi connectivity index (χ1) is 14.3. The van der Waals surface area contributed by atoms with Gasteiger partial charge in [0, 0.05) is 20.6 Å². The molecule has 4 N–H and O–H groups in total. The molecule has 1 aliphatic rings. The number of aliphatic imine (C=N–C) groups is 1. The zero-order chi connectivity index (χ0) is 22.0. The van der Waals surface area contributed by atoms with E-state index in [9.17, 15) is 13.2 Å². The Hall–Kier alpha value is -1.40. The van der Waals surface area contributed by atoms with Gasteiger partial charge in [-0.2, -0.15) is 0 Å². The zero-order valence-electron chi connectivity index (χ0n) is 18.5. The minimum absolute atomic E-state index is 0. The molecule has 0 aromatic heterocycles. The number of hydrogen-bond donors (Lipinski definition) is 3. The van der Waals surface area contributed by atoms with Crippen molar-refractivity contribution in [1.82, 2.24) is 15.5 Å². The Labute approximate surface area is 203 Å². The molecule has 1 aliphatic carbocycles. The number of halogens is 1. The van der Waals surface area contributed by atoms with Crippen molar-refractivity contribution in [3.8, 4) is 0 Å². The van der Waals surface area contributed by atoms with Crippen molar-refractivity contribution >= 4 is 45.9 Å². The van der Waals surface area contributed by atoms with E-state index in [2.05, 4.69) is 15.6 Å². The Morgan fingerprint density at radius 1 is 1.13 bits per heavy atom. The molecule has 1 amide bonds. The molecule has 0 saturated heterocycles. The molecule has 0 atom stereocenters. The van der Waals surface area contributed by atoms with Crippen LogP contribution in [0.25, 0.3) is 0 Å². The zero-order valence-corrected chi connectivity index (χ0v) is 21.6. The number of carbonyl (C=O) groups excluding carboxylic acids is 1. The second-order valence-electron chi connectivity index (χ2n) is 8.07.